The molecule has 3 rings (SSSR count). The highest BCUT2D eigenvalue weighted by molar-refractivity contribution is 5.75. The fraction of sp³-hybridized carbons (Fsp3) is 0.480. The molecule has 0 spiro atoms. The van der Waals surface area contributed by atoms with Crippen molar-refractivity contribution in [2.75, 3.05) is 0 Å². The first-order valence-corrected chi connectivity index (χ1v) is 10.5. The van der Waals surface area contributed by atoms with Gasteiger partial charge in [-0.1, -0.05) is 75.2 Å². The summed E-state index contributed by atoms with van der Waals surface area (Å²) in [7, 11) is 0. The molecule has 0 amide bonds. The van der Waals surface area contributed by atoms with Crippen LogP contribution >= 0.6 is 0 Å². The predicted octanol–water partition coefficient (Wildman–Crippen LogP) is 6.54. The molecule has 1 fully saturated rings. The molecular formula is C25H32O2. The van der Waals surface area contributed by atoms with Crippen molar-refractivity contribution in [3.05, 3.63) is 65.7 Å². The molecule has 0 bridgehead atoms. The van der Waals surface area contributed by atoms with Gasteiger partial charge in [0, 0.05) is 0 Å². The van der Waals surface area contributed by atoms with Gasteiger partial charge in [0.1, 0.15) is 5.75 Å². The molecule has 1 atom stereocenters. The Balaban J connectivity index is 1.61. The van der Waals surface area contributed by atoms with Crippen LogP contribution in [0.5, 0.6) is 5.75 Å². The largest absolute Gasteiger partial charge is 0.426 e. The Morgan fingerprint density at radius 1 is 1.00 bits per heavy atom. The van der Waals surface area contributed by atoms with E-state index in [-0.39, 0.29) is 11.9 Å². The quantitative estimate of drug-likeness (QED) is 0.411. The Morgan fingerprint density at radius 2 is 1.67 bits per heavy atom. The molecule has 2 heteroatoms. The molecule has 1 aliphatic carbocycles. The van der Waals surface area contributed by atoms with E-state index in [1.807, 2.05) is 24.3 Å². The summed E-state index contributed by atoms with van der Waals surface area (Å²) in [6, 6.07) is 18.5. The lowest BCUT2D eigenvalue weighted by atomic mass is 9.80. The number of benzene rings is 2. The monoisotopic (exact) mass is 364 g/mol. The number of carbonyl (C=O) groups is 1. The van der Waals surface area contributed by atoms with E-state index in [0.717, 1.165) is 36.5 Å². The third-order valence-corrected chi connectivity index (χ3v) is 5.95. The Bertz CT molecular complexity index is 714. The maximum absolute atomic E-state index is 12.7. The molecule has 27 heavy (non-hydrogen) atoms. The maximum atomic E-state index is 12.7. The van der Waals surface area contributed by atoms with Gasteiger partial charge in [-0.3, -0.25) is 4.79 Å². The molecule has 0 aromatic heterocycles. The average Bonchev–Trinajstić information content (AvgIpc) is 2.71. The van der Waals surface area contributed by atoms with Gasteiger partial charge >= 0.3 is 5.97 Å². The second-order valence-corrected chi connectivity index (χ2v) is 8.05. The molecule has 1 saturated carbocycles. The van der Waals surface area contributed by atoms with E-state index < -0.39 is 0 Å². The number of ether oxygens (including phenoxy) is 1. The van der Waals surface area contributed by atoms with Crippen molar-refractivity contribution in [1.29, 1.82) is 0 Å². The van der Waals surface area contributed by atoms with E-state index in [1.54, 1.807) is 0 Å². The normalized spacial score (nSPS) is 20.8. The lowest BCUT2D eigenvalue weighted by Gasteiger charge is -2.27. The lowest BCUT2D eigenvalue weighted by molar-refractivity contribution is -0.140. The van der Waals surface area contributed by atoms with Crippen molar-refractivity contribution in [1.82, 2.24) is 0 Å². The van der Waals surface area contributed by atoms with Crippen molar-refractivity contribution in [2.24, 2.45) is 11.8 Å². The molecule has 2 nitrogen and oxygen atoms in total. The highest BCUT2D eigenvalue weighted by Gasteiger charge is 2.27. The van der Waals surface area contributed by atoms with Crippen LogP contribution in [0.25, 0.3) is 0 Å². The van der Waals surface area contributed by atoms with Crippen LogP contribution in [0, 0.1) is 11.8 Å². The molecule has 0 aliphatic heterocycles. The summed E-state index contributed by atoms with van der Waals surface area (Å²) < 4.78 is 5.88. The van der Waals surface area contributed by atoms with Crippen LogP contribution in [0.1, 0.15) is 69.4 Å². The summed E-state index contributed by atoms with van der Waals surface area (Å²) in [4.78, 5) is 12.7. The fourth-order valence-corrected chi connectivity index (χ4v) is 4.29. The zero-order valence-corrected chi connectivity index (χ0v) is 16.7. The molecule has 2 aromatic carbocycles. The zero-order valence-electron chi connectivity index (χ0n) is 16.7. The minimum Gasteiger partial charge on any atom is -0.426 e. The summed E-state index contributed by atoms with van der Waals surface area (Å²) in [5, 5.41) is 0. The van der Waals surface area contributed by atoms with Gasteiger partial charge < -0.3 is 4.74 Å². The third kappa shape index (κ3) is 5.45. The van der Waals surface area contributed by atoms with E-state index in [4.69, 9.17) is 4.74 Å². The van der Waals surface area contributed by atoms with E-state index in [9.17, 15) is 4.79 Å². The highest BCUT2D eigenvalue weighted by atomic mass is 16.5. The minimum absolute atomic E-state index is 0.0373. The van der Waals surface area contributed by atoms with Crippen LogP contribution in [0.3, 0.4) is 0 Å². The van der Waals surface area contributed by atoms with Crippen molar-refractivity contribution in [3.63, 3.8) is 0 Å². The van der Waals surface area contributed by atoms with Gasteiger partial charge in [0.25, 0.3) is 0 Å². The number of hydrogen-bond donors (Lipinski definition) is 0. The minimum atomic E-state index is -0.0373. The average molecular weight is 365 g/mol. The third-order valence-electron chi connectivity index (χ3n) is 5.95. The summed E-state index contributed by atoms with van der Waals surface area (Å²) in [5.74, 6) is 1.96. The standard InChI is InChI=1S/C25H32O2/c1-3-9-20-14-16-22(17-15-20)25(26)27-24-13-8-7-12-23(24)18-19(2)21-10-5-4-6-11-21/h4-8,10-13,19-20,22H,3,9,14-18H2,1-2H3/t19-,20-,22-/m1/s1. The molecule has 2 aromatic rings. The Kier molecular flexibility index (Phi) is 7.09. The van der Waals surface area contributed by atoms with Crippen LogP contribution in [0.2, 0.25) is 0 Å². The van der Waals surface area contributed by atoms with Crippen molar-refractivity contribution < 1.29 is 9.53 Å². The van der Waals surface area contributed by atoms with Gasteiger partial charge in [-0.25, -0.2) is 0 Å². The van der Waals surface area contributed by atoms with E-state index >= 15 is 0 Å². The van der Waals surface area contributed by atoms with E-state index in [2.05, 4.69) is 44.2 Å². The summed E-state index contributed by atoms with van der Waals surface area (Å²) in [5.41, 5.74) is 2.43. The van der Waals surface area contributed by atoms with Gasteiger partial charge in [0.2, 0.25) is 0 Å². The number of rotatable bonds is 7. The van der Waals surface area contributed by atoms with Gasteiger partial charge in [-0.05, 0) is 61.1 Å². The van der Waals surface area contributed by atoms with Gasteiger partial charge in [-0.15, -0.1) is 0 Å². The predicted molar refractivity (Wildman–Crippen MR) is 111 cm³/mol. The first kappa shape index (κ1) is 19.7. The second kappa shape index (κ2) is 9.73. The van der Waals surface area contributed by atoms with Crippen LogP contribution in [0.15, 0.2) is 54.6 Å². The summed E-state index contributed by atoms with van der Waals surface area (Å²) in [6.07, 6.45) is 7.70. The topological polar surface area (TPSA) is 26.3 Å². The van der Waals surface area contributed by atoms with Crippen molar-refractivity contribution in [2.45, 2.75) is 64.7 Å². The van der Waals surface area contributed by atoms with Crippen molar-refractivity contribution in [3.8, 4) is 5.75 Å². The molecule has 0 N–H and O–H groups in total. The molecule has 1 aliphatic rings. The number of para-hydroxylation sites is 1. The molecule has 0 saturated heterocycles. The maximum Gasteiger partial charge on any atom is 0.314 e. The lowest BCUT2D eigenvalue weighted by Crippen LogP contribution is -2.26. The molecule has 0 radical (unpaired) electrons. The Morgan fingerprint density at radius 3 is 2.37 bits per heavy atom. The van der Waals surface area contributed by atoms with Crippen LogP contribution < -0.4 is 4.74 Å². The van der Waals surface area contributed by atoms with Gasteiger partial charge in [-0.2, -0.15) is 0 Å². The summed E-state index contributed by atoms with van der Waals surface area (Å²) >= 11 is 0. The molecule has 0 heterocycles. The molecule has 0 unspecified atom stereocenters. The first-order chi connectivity index (χ1) is 13.2. The Labute approximate surface area is 164 Å². The first-order valence-electron chi connectivity index (χ1n) is 10.5. The smallest absolute Gasteiger partial charge is 0.314 e. The highest BCUT2D eigenvalue weighted by Crippen LogP contribution is 2.33. The Hall–Kier alpha value is -2.09. The fourth-order valence-electron chi connectivity index (χ4n) is 4.29. The number of hydrogen-bond acceptors (Lipinski definition) is 2. The summed E-state index contributed by atoms with van der Waals surface area (Å²) in [6.45, 7) is 4.47. The van der Waals surface area contributed by atoms with Crippen LogP contribution in [-0.4, -0.2) is 5.97 Å². The van der Waals surface area contributed by atoms with Gasteiger partial charge in [0.15, 0.2) is 0 Å². The van der Waals surface area contributed by atoms with Gasteiger partial charge in [0.05, 0.1) is 5.92 Å². The molecular weight excluding hydrogens is 332 g/mol. The van der Waals surface area contributed by atoms with Crippen LogP contribution in [0.4, 0.5) is 0 Å². The number of carbonyl (C=O) groups excluding carboxylic acids is 1. The van der Waals surface area contributed by atoms with Crippen molar-refractivity contribution >= 4 is 5.97 Å². The number of esters is 1. The molecule has 144 valence electrons. The second-order valence-electron chi connectivity index (χ2n) is 8.05. The van der Waals surface area contributed by atoms with Crippen LogP contribution in [-0.2, 0) is 11.2 Å². The van der Waals surface area contributed by atoms with E-state index in [0.29, 0.717) is 5.92 Å². The SMILES string of the molecule is CCC[C@H]1CC[C@H](C(=O)Oc2ccccc2C[C@@H](C)c2ccccc2)CC1. The van der Waals surface area contributed by atoms with E-state index in [1.165, 1.54) is 31.2 Å². The zero-order chi connectivity index (χ0) is 19.1.